The zero-order valence-electron chi connectivity index (χ0n) is 18.8. The van der Waals surface area contributed by atoms with Gasteiger partial charge in [0.2, 0.25) is 0 Å². The van der Waals surface area contributed by atoms with Gasteiger partial charge in [0, 0.05) is 42.4 Å². The van der Waals surface area contributed by atoms with Gasteiger partial charge in [0.15, 0.2) is 28.7 Å². The number of nitrogens with zero attached hydrogens (tertiary/aromatic N) is 5. The Kier molecular flexibility index (Phi) is 5.45. The van der Waals surface area contributed by atoms with E-state index in [1.807, 2.05) is 41.4 Å². The monoisotopic (exact) mass is 447 g/mol. The molecule has 9 nitrogen and oxygen atoms in total. The highest BCUT2D eigenvalue weighted by atomic mass is 16.5. The number of benzene rings is 1. The molecule has 1 fully saturated rings. The number of pyridine rings is 1. The number of likely N-dealkylation sites (tertiary alicyclic amines) is 1. The van der Waals surface area contributed by atoms with Crippen LogP contribution in [-0.2, 0) is 0 Å². The predicted molar refractivity (Wildman–Crippen MR) is 121 cm³/mol. The van der Waals surface area contributed by atoms with Crippen molar-refractivity contribution in [1.82, 2.24) is 24.7 Å². The van der Waals surface area contributed by atoms with Crippen molar-refractivity contribution in [3.8, 4) is 22.6 Å². The van der Waals surface area contributed by atoms with Crippen LogP contribution in [0.25, 0.3) is 16.8 Å². The molecule has 1 aromatic carbocycles. The molecule has 4 aromatic rings. The average molecular weight is 447 g/mol. The predicted octanol–water partition coefficient (Wildman–Crippen LogP) is 3.73. The summed E-state index contributed by atoms with van der Waals surface area (Å²) in [6.45, 7) is 3.02. The third kappa shape index (κ3) is 3.90. The molecule has 0 radical (unpaired) electrons. The molecule has 9 heteroatoms. The van der Waals surface area contributed by atoms with E-state index in [9.17, 15) is 4.79 Å². The van der Waals surface area contributed by atoms with E-state index in [1.165, 1.54) is 0 Å². The van der Waals surface area contributed by atoms with Crippen LogP contribution in [-0.4, -0.2) is 57.9 Å². The van der Waals surface area contributed by atoms with E-state index in [0.717, 1.165) is 35.4 Å². The van der Waals surface area contributed by atoms with Gasteiger partial charge in [-0.05, 0) is 38.0 Å². The molecule has 1 unspecified atom stereocenters. The summed E-state index contributed by atoms with van der Waals surface area (Å²) in [6.07, 6.45) is 3.75. The van der Waals surface area contributed by atoms with E-state index < -0.39 is 0 Å². The molecule has 0 aliphatic carbocycles. The first-order valence-electron chi connectivity index (χ1n) is 10.9. The number of methoxy groups -OCH3 is 2. The Balaban J connectivity index is 1.42. The molecule has 1 aliphatic rings. The molecule has 5 rings (SSSR count). The summed E-state index contributed by atoms with van der Waals surface area (Å²) in [7, 11) is 3.25. The number of para-hydroxylation sites is 1. The first kappa shape index (κ1) is 21.0. The molecule has 0 N–H and O–H groups in total. The number of fused-ring (bicyclic) bond motifs is 1. The van der Waals surface area contributed by atoms with Gasteiger partial charge in [-0.3, -0.25) is 4.79 Å². The van der Waals surface area contributed by atoms with Gasteiger partial charge >= 0.3 is 0 Å². The molecule has 3 aromatic heterocycles. The lowest BCUT2D eigenvalue weighted by atomic mass is 9.97. The molecular formula is C24H25N5O4. The van der Waals surface area contributed by atoms with Crippen LogP contribution >= 0.6 is 0 Å². The van der Waals surface area contributed by atoms with Crippen LogP contribution in [0.2, 0.25) is 0 Å². The summed E-state index contributed by atoms with van der Waals surface area (Å²) in [5, 5.41) is 8.62. The number of hydrogen-bond acceptors (Lipinski definition) is 7. The number of ether oxygens (including phenoxy) is 2. The van der Waals surface area contributed by atoms with Crippen LogP contribution in [0.5, 0.6) is 11.5 Å². The molecule has 33 heavy (non-hydrogen) atoms. The van der Waals surface area contributed by atoms with Crippen molar-refractivity contribution in [2.75, 3.05) is 27.3 Å². The first-order chi connectivity index (χ1) is 16.1. The number of piperidine rings is 1. The van der Waals surface area contributed by atoms with Gasteiger partial charge in [-0.1, -0.05) is 17.3 Å². The van der Waals surface area contributed by atoms with Crippen LogP contribution in [0.3, 0.4) is 0 Å². The molecule has 0 bridgehead atoms. The second-order valence-electron chi connectivity index (χ2n) is 8.14. The Morgan fingerprint density at radius 2 is 2.06 bits per heavy atom. The van der Waals surface area contributed by atoms with Crippen molar-refractivity contribution >= 4 is 11.6 Å². The fourth-order valence-corrected chi connectivity index (χ4v) is 4.35. The van der Waals surface area contributed by atoms with Crippen molar-refractivity contribution in [1.29, 1.82) is 0 Å². The van der Waals surface area contributed by atoms with Crippen LogP contribution in [0.15, 0.2) is 47.1 Å². The summed E-state index contributed by atoms with van der Waals surface area (Å²) >= 11 is 0. The van der Waals surface area contributed by atoms with E-state index >= 15 is 0 Å². The van der Waals surface area contributed by atoms with E-state index in [2.05, 4.69) is 5.16 Å². The highest BCUT2D eigenvalue weighted by Crippen LogP contribution is 2.37. The van der Waals surface area contributed by atoms with E-state index in [1.54, 1.807) is 31.7 Å². The topological polar surface area (TPSA) is 95.0 Å². The summed E-state index contributed by atoms with van der Waals surface area (Å²) in [5.74, 6) is 2.64. The zero-order valence-corrected chi connectivity index (χ0v) is 18.8. The van der Waals surface area contributed by atoms with Crippen molar-refractivity contribution < 1.29 is 18.8 Å². The van der Waals surface area contributed by atoms with Crippen LogP contribution in [0.1, 0.15) is 40.8 Å². The Bertz CT molecular complexity index is 1310. The fourth-order valence-electron chi connectivity index (χ4n) is 4.35. The van der Waals surface area contributed by atoms with Gasteiger partial charge in [0.05, 0.1) is 14.2 Å². The van der Waals surface area contributed by atoms with Gasteiger partial charge in [0.1, 0.15) is 5.76 Å². The molecule has 4 heterocycles. The molecule has 1 amide bonds. The standard InChI is InChI=1S/C24H25N5O4/c1-15-12-19(27-33-15)24(30)28-11-5-6-17(13-28)23-25-21-10-9-16(14-29(21)26-23)18-7-4-8-20(31-2)22(18)32-3/h4,7-10,12,14,17H,5-6,11,13H2,1-3H3. The number of rotatable bonds is 5. The van der Waals surface area contributed by atoms with Crippen LogP contribution in [0.4, 0.5) is 0 Å². The second kappa shape index (κ2) is 8.57. The molecule has 0 saturated carbocycles. The number of aromatic nitrogens is 4. The zero-order chi connectivity index (χ0) is 22.9. The van der Waals surface area contributed by atoms with Gasteiger partial charge in [-0.25, -0.2) is 9.50 Å². The highest BCUT2D eigenvalue weighted by Gasteiger charge is 2.29. The quantitative estimate of drug-likeness (QED) is 0.460. The lowest BCUT2D eigenvalue weighted by Gasteiger charge is -2.30. The summed E-state index contributed by atoms with van der Waals surface area (Å²) in [4.78, 5) is 19.4. The normalized spacial score (nSPS) is 16.2. The Hall–Kier alpha value is -3.88. The van der Waals surface area contributed by atoms with E-state index in [0.29, 0.717) is 36.0 Å². The Morgan fingerprint density at radius 3 is 2.82 bits per heavy atom. The molecule has 1 aliphatic heterocycles. The van der Waals surface area contributed by atoms with Crippen molar-refractivity contribution in [2.24, 2.45) is 0 Å². The molecular weight excluding hydrogens is 422 g/mol. The molecule has 1 saturated heterocycles. The number of aryl methyl sites for hydroxylation is 1. The third-order valence-electron chi connectivity index (χ3n) is 5.98. The minimum Gasteiger partial charge on any atom is -0.493 e. The van der Waals surface area contributed by atoms with Crippen molar-refractivity contribution in [2.45, 2.75) is 25.7 Å². The fraction of sp³-hybridized carbons (Fsp3) is 0.333. The maximum absolute atomic E-state index is 12.8. The van der Waals surface area contributed by atoms with E-state index in [-0.39, 0.29) is 11.8 Å². The van der Waals surface area contributed by atoms with Crippen molar-refractivity contribution in [3.63, 3.8) is 0 Å². The highest BCUT2D eigenvalue weighted by molar-refractivity contribution is 5.92. The smallest absolute Gasteiger partial charge is 0.276 e. The minimum absolute atomic E-state index is 0.0606. The molecule has 170 valence electrons. The molecule has 0 spiro atoms. The molecule has 1 atom stereocenters. The maximum atomic E-state index is 12.8. The van der Waals surface area contributed by atoms with Gasteiger partial charge in [-0.2, -0.15) is 5.10 Å². The summed E-state index contributed by atoms with van der Waals surface area (Å²) < 4.78 is 17.9. The summed E-state index contributed by atoms with van der Waals surface area (Å²) in [5.41, 5.74) is 2.95. The second-order valence-corrected chi connectivity index (χ2v) is 8.14. The van der Waals surface area contributed by atoms with Crippen LogP contribution in [0, 0.1) is 6.92 Å². The SMILES string of the molecule is COc1cccc(-c2ccc3nc(C4CCCN(C(=O)c5cc(C)on5)C4)nn3c2)c1OC. The third-order valence-corrected chi connectivity index (χ3v) is 5.98. The minimum atomic E-state index is -0.118. The largest absolute Gasteiger partial charge is 0.493 e. The summed E-state index contributed by atoms with van der Waals surface area (Å²) in [6, 6.07) is 11.4. The average Bonchev–Trinajstić information content (AvgIpc) is 3.48. The first-order valence-corrected chi connectivity index (χ1v) is 10.9. The number of hydrogen-bond donors (Lipinski definition) is 0. The van der Waals surface area contributed by atoms with E-state index in [4.69, 9.17) is 24.1 Å². The lowest BCUT2D eigenvalue weighted by molar-refractivity contribution is 0.0694. The Morgan fingerprint density at radius 1 is 1.18 bits per heavy atom. The van der Waals surface area contributed by atoms with Crippen molar-refractivity contribution in [3.05, 3.63) is 59.9 Å². The Labute approximate surface area is 190 Å². The van der Waals surface area contributed by atoms with Gasteiger partial charge in [0.25, 0.3) is 5.91 Å². The van der Waals surface area contributed by atoms with Crippen LogP contribution < -0.4 is 9.47 Å². The number of carbonyl (C=O) groups excluding carboxylic acids is 1. The number of amides is 1. The number of carbonyl (C=O) groups is 1. The van der Waals surface area contributed by atoms with Gasteiger partial charge in [-0.15, -0.1) is 0 Å². The van der Waals surface area contributed by atoms with Gasteiger partial charge < -0.3 is 18.9 Å². The maximum Gasteiger partial charge on any atom is 0.276 e. The lowest BCUT2D eigenvalue weighted by Crippen LogP contribution is -2.39.